The molecule has 0 aliphatic carbocycles. The average molecular weight is 213 g/mol. The summed E-state index contributed by atoms with van der Waals surface area (Å²) < 4.78 is 4.62. The SMILES string of the molecule is COC(=O)c1csc(CC[C@H](C)N)c1. The smallest absolute Gasteiger partial charge is 0.338 e. The number of aryl methyl sites for hydroxylation is 1. The average Bonchev–Trinajstić information content (AvgIpc) is 2.62. The summed E-state index contributed by atoms with van der Waals surface area (Å²) in [7, 11) is 1.39. The van der Waals surface area contributed by atoms with Gasteiger partial charge in [-0.15, -0.1) is 11.3 Å². The molecule has 0 aliphatic rings. The van der Waals surface area contributed by atoms with E-state index in [2.05, 4.69) is 4.74 Å². The maximum atomic E-state index is 11.1. The highest BCUT2D eigenvalue weighted by molar-refractivity contribution is 7.10. The van der Waals surface area contributed by atoms with Crippen molar-refractivity contribution < 1.29 is 9.53 Å². The maximum Gasteiger partial charge on any atom is 0.338 e. The molecule has 0 saturated heterocycles. The highest BCUT2D eigenvalue weighted by Crippen LogP contribution is 2.17. The fraction of sp³-hybridized carbons (Fsp3) is 0.500. The summed E-state index contributed by atoms with van der Waals surface area (Å²) in [5.41, 5.74) is 6.28. The van der Waals surface area contributed by atoms with Crippen LogP contribution in [-0.2, 0) is 11.2 Å². The largest absolute Gasteiger partial charge is 0.465 e. The standard InChI is InChI=1S/C10H15NO2S/c1-7(11)3-4-9-5-8(6-14-9)10(12)13-2/h5-7H,3-4,11H2,1-2H3/t7-/m0/s1. The van der Waals surface area contributed by atoms with Crippen molar-refractivity contribution in [2.75, 3.05) is 7.11 Å². The third-order valence-electron chi connectivity index (χ3n) is 1.92. The van der Waals surface area contributed by atoms with Gasteiger partial charge in [-0.2, -0.15) is 0 Å². The first kappa shape index (κ1) is 11.2. The summed E-state index contributed by atoms with van der Waals surface area (Å²) in [5, 5.41) is 1.82. The van der Waals surface area contributed by atoms with Crippen molar-refractivity contribution in [2.45, 2.75) is 25.8 Å². The van der Waals surface area contributed by atoms with Crippen molar-refractivity contribution in [2.24, 2.45) is 5.73 Å². The number of rotatable bonds is 4. The second-order valence-corrected chi connectivity index (χ2v) is 4.31. The minimum atomic E-state index is -0.270. The Kier molecular flexibility index (Phi) is 4.10. The minimum Gasteiger partial charge on any atom is -0.465 e. The van der Waals surface area contributed by atoms with Crippen LogP contribution in [0.1, 0.15) is 28.6 Å². The normalized spacial score (nSPS) is 12.5. The molecule has 0 fully saturated rings. The van der Waals surface area contributed by atoms with Gasteiger partial charge in [-0.25, -0.2) is 4.79 Å². The molecule has 0 aliphatic heterocycles. The van der Waals surface area contributed by atoms with E-state index in [-0.39, 0.29) is 12.0 Å². The van der Waals surface area contributed by atoms with E-state index < -0.39 is 0 Å². The molecule has 0 radical (unpaired) electrons. The van der Waals surface area contributed by atoms with Crippen LogP contribution in [0, 0.1) is 0 Å². The first-order valence-corrected chi connectivity index (χ1v) is 5.42. The van der Waals surface area contributed by atoms with Gasteiger partial charge >= 0.3 is 5.97 Å². The molecule has 0 bridgehead atoms. The number of methoxy groups -OCH3 is 1. The molecule has 1 heterocycles. The van der Waals surface area contributed by atoms with Gasteiger partial charge < -0.3 is 10.5 Å². The third-order valence-corrected chi connectivity index (χ3v) is 2.92. The Balaban J connectivity index is 2.55. The zero-order valence-corrected chi connectivity index (χ0v) is 9.26. The summed E-state index contributed by atoms with van der Waals surface area (Å²) in [6.07, 6.45) is 1.88. The van der Waals surface area contributed by atoms with E-state index in [0.717, 1.165) is 12.8 Å². The highest BCUT2D eigenvalue weighted by atomic mass is 32.1. The Hall–Kier alpha value is -0.870. The van der Waals surface area contributed by atoms with Crippen molar-refractivity contribution in [3.63, 3.8) is 0 Å². The summed E-state index contributed by atoms with van der Waals surface area (Å²) in [5.74, 6) is -0.270. The van der Waals surface area contributed by atoms with Gasteiger partial charge in [0.1, 0.15) is 0 Å². The molecule has 4 heteroatoms. The van der Waals surface area contributed by atoms with E-state index >= 15 is 0 Å². The van der Waals surface area contributed by atoms with Crippen molar-refractivity contribution >= 4 is 17.3 Å². The zero-order chi connectivity index (χ0) is 10.6. The Bertz CT molecular complexity index is 307. The molecule has 1 aromatic rings. The zero-order valence-electron chi connectivity index (χ0n) is 8.45. The molecule has 14 heavy (non-hydrogen) atoms. The molecule has 0 saturated carbocycles. The Labute approximate surface area is 87.9 Å². The maximum absolute atomic E-state index is 11.1. The number of esters is 1. The van der Waals surface area contributed by atoms with Crippen LogP contribution >= 0.6 is 11.3 Å². The van der Waals surface area contributed by atoms with Gasteiger partial charge in [0.15, 0.2) is 0 Å². The van der Waals surface area contributed by atoms with Gasteiger partial charge in [0.25, 0.3) is 0 Å². The lowest BCUT2D eigenvalue weighted by molar-refractivity contribution is 0.0601. The Morgan fingerprint density at radius 3 is 3.00 bits per heavy atom. The predicted octanol–water partition coefficient (Wildman–Crippen LogP) is 1.81. The molecular formula is C10H15NO2S. The lowest BCUT2D eigenvalue weighted by atomic mass is 10.1. The fourth-order valence-electron chi connectivity index (χ4n) is 1.11. The number of ether oxygens (including phenoxy) is 1. The summed E-state index contributed by atoms with van der Waals surface area (Å²) >= 11 is 1.58. The van der Waals surface area contributed by atoms with E-state index in [1.165, 1.54) is 12.0 Å². The number of thiophene rings is 1. The molecular weight excluding hydrogens is 198 g/mol. The molecule has 1 atom stereocenters. The molecule has 3 nitrogen and oxygen atoms in total. The predicted molar refractivity (Wildman–Crippen MR) is 57.6 cm³/mol. The van der Waals surface area contributed by atoms with E-state index in [9.17, 15) is 4.79 Å². The second kappa shape index (κ2) is 5.12. The van der Waals surface area contributed by atoms with Crippen LogP contribution in [0.25, 0.3) is 0 Å². The molecule has 1 aromatic heterocycles. The topological polar surface area (TPSA) is 52.3 Å². The number of nitrogens with two attached hydrogens (primary N) is 1. The lowest BCUT2D eigenvalue weighted by Crippen LogP contribution is -2.15. The molecule has 0 amide bonds. The van der Waals surface area contributed by atoms with Gasteiger partial charge in [-0.05, 0) is 25.8 Å². The number of hydrogen-bond donors (Lipinski definition) is 1. The van der Waals surface area contributed by atoms with Crippen LogP contribution in [0.15, 0.2) is 11.4 Å². The van der Waals surface area contributed by atoms with Crippen LogP contribution in [-0.4, -0.2) is 19.1 Å². The van der Waals surface area contributed by atoms with Crippen LogP contribution in [0.5, 0.6) is 0 Å². The van der Waals surface area contributed by atoms with Gasteiger partial charge in [0.2, 0.25) is 0 Å². The van der Waals surface area contributed by atoms with Crippen molar-refractivity contribution in [3.8, 4) is 0 Å². The Morgan fingerprint density at radius 2 is 2.43 bits per heavy atom. The van der Waals surface area contributed by atoms with Crippen LogP contribution in [0.4, 0.5) is 0 Å². The van der Waals surface area contributed by atoms with Gasteiger partial charge in [0, 0.05) is 16.3 Å². The number of hydrogen-bond acceptors (Lipinski definition) is 4. The summed E-state index contributed by atoms with van der Waals surface area (Å²) in [4.78, 5) is 12.3. The molecule has 0 unspecified atom stereocenters. The highest BCUT2D eigenvalue weighted by Gasteiger charge is 2.08. The Morgan fingerprint density at radius 1 is 1.71 bits per heavy atom. The lowest BCUT2D eigenvalue weighted by Gasteiger charge is -2.01. The van der Waals surface area contributed by atoms with Crippen molar-refractivity contribution in [1.29, 1.82) is 0 Å². The third kappa shape index (κ3) is 3.12. The van der Waals surface area contributed by atoms with Crippen molar-refractivity contribution in [3.05, 3.63) is 21.9 Å². The molecule has 0 spiro atoms. The first-order chi connectivity index (χ1) is 6.63. The molecule has 78 valence electrons. The summed E-state index contributed by atoms with van der Waals surface area (Å²) in [6.45, 7) is 1.98. The molecule has 2 N–H and O–H groups in total. The molecule has 1 rings (SSSR count). The minimum absolute atomic E-state index is 0.207. The number of carbonyl (C=O) groups excluding carboxylic acids is 1. The van der Waals surface area contributed by atoms with Gasteiger partial charge in [0.05, 0.1) is 12.7 Å². The van der Waals surface area contributed by atoms with E-state index in [4.69, 9.17) is 5.73 Å². The van der Waals surface area contributed by atoms with E-state index in [1.807, 2.05) is 18.4 Å². The molecule has 0 aromatic carbocycles. The monoisotopic (exact) mass is 213 g/mol. The fourth-order valence-corrected chi connectivity index (χ4v) is 1.98. The van der Waals surface area contributed by atoms with E-state index in [0.29, 0.717) is 5.56 Å². The van der Waals surface area contributed by atoms with Gasteiger partial charge in [-0.3, -0.25) is 0 Å². The summed E-state index contributed by atoms with van der Waals surface area (Å²) in [6, 6.07) is 2.08. The van der Waals surface area contributed by atoms with Crippen LogP contribution < -0.4 is 5.73 Å². The van der Waals surface area contributed by atoms with Crippen LogP contribution in [0.3, 0.4) is 0 Å². The van der Waals surface area contributed by atoms with Gasteiger partial charge in [-0.1, -0.05) is 0 Å². The van der Waals surface area contributed by atoms with E-state index in [1.54, 1.807) is 11.3 Å². The first-order valence-electron chi connectivity index (χ1n) is 4.54. The van der Waals surface area contributed by atoms with Crippen molar-refractivity contribution in [1.82, 2.24) is 0 Å². The quantitative estimate of drug-likeness (QED) is 0.776. The van der Waals surface area contributed by atoms with Crippen LogP contribution in [0.2, 0.25) is 0 Å². The second-order valence-electron chi connectivity index (χ2n) is 3.31. The number of carbonyl (C=O) groups is 1.